The zero-order chi connectivity index (χ0) is 12.5. The van der Waals surface area contributed by atoms with Crippen LogP contribution in [0, 0.1) is 0 Å². The van der Waals surface area contributed by atoms with E-state index in [1.807, 2.05) is 5.38 Å². The van der Waals surface area contributed by atoms with E-state index >= 15 is 0 Å². The number of amides is 1. The van der Waals surface area contributed by atoms with Crippen molar-refractivity contribution in [2.24, 2.45) is 4.99 Å². The lowest BCUT2D eigenvalue weighted by Crippen LogP contribution is -2.29. The summed E-state index contributed by atoms with van der Waals surface area (Å²) in [5, 5.41) is 2.45. The van der Waals surface area contributed by atoms with Gasteiger partial charge in [0.1, 0.15) is 17.3 Å². The van der Waals surface area contributed by atoms with Crippen LogP contribution < -0.4 is 4.90 Å². The van der Waals surface area contributed by atoms with Gasteiger partial charge < -0.3 is 4.42 Å². The molecule has 6 heteroatoms. The average Bonchev–Trinajstić information content (AvgIpc) is 3.03. The molecule has 18 heavy (non-hydrogen) atoms. The highest BCUT2D eigenvalue weighted by Gasteiger charge is 2.30. The Labute approximate surface area is 107 Å². The molecule has 0 saturated carbocycles. The van der Waals surface area contributed by atoms with Gasteiger partial charge in [0.2, 0.25) is 0 Å². The van der Waals surface area contributed by atoms with E-state index in [9.17, 15) is 4.79 Å². The summed E-state index contributed by atoms with van der Waals surface area (Å²) in [4.78, 5) is 22.1. The molecule has 1 amide bonds. The number of carbonyl (C=O) groups excluding carboxylic acids is 1. The third-order valence-electron chi connectivity index (χ3n) is 2.46. The van der Waals surface area contributed by atoms with Crippen LogP contribution in [0.1, 0.15) is 12.7 Å². The molecule has 1 aliphatic heterocycles. The molecule has 0 radical (unpaired) electrons. The Hall–Kier alpha value is -2.21. The van der Waals surface area contributed by atoms with Crippen molar-refractivity contribution in [3.63, 3.8) is 0 Å². The molecule has 0 aromatic carbocycles. The van der Waals surface area contributed by atoms with Crippen molar-refractivity contribution in [1.82, 2.24) is 4.98 Å². The molecular weight excluding hydrogens is 250 g/mol. The molecule has 3 rings (SSSR count). The molecule has 0 aliphatic carbocycles. The molecule has 0 N–H and O–H groups in total. The number of hydrogen-bond donors (Lipinski definition) is 0. The maximum absolute atomic E-state index is 12.2. The first-order valence-electron chi connectivity index (χ1n) is 5.30. The predicted molar refractivity (Wildman–Crippen MR) is 69.4 cm³/mol. The van der Waals surface area contributed by atoms with Crippen molar-refractivity contribution in [3.05, 3.63) is 41.4 Å². The maximum Gasteiger partial charge on any atom is 0.284 e. The molecule has 0 bridgehead atoms. The number of carbonyl (C=O) groups is 1. The number of furan rings is 1. The normalized spacial score (nSPS) is 17.6. The third kappa shape index (κ3) is 1.76. The standard InChI is InChI=1S/C12H9N3O2S/c1-8-14-10(7-9-3-2-5-17-9)11(16)15(8)12-13-4-6-18-12/h2-7H,1H3/b10-7+. The number of hydrogen-bond acceptors (Lipinski definition) is 5. The van der Waals surface area contributed by atoms with Crippen LogP contribution in [0.5, 0.6) is 0 Å². The number of thiazole rings is 1. The lowest BCUT2D eigenvalue weighted by atomic mass is 10.3. The fourth-order valence-electron chi connectivity index (χ4n) is 1.69. The molecule has 0 unspecified atom stereocenters. The smallest absolute Gasteiger partial charge is 0.284 e. The minimum atomic E-state index is -0.182. The Morgan fingerprint density at radius 2 is 2.39 bits per heavy atom. The lowest BCUT2D eigenvalue weighted by molar-refractivity contribution is -0.113. The summed E-state index contributed by atoms with van der Waals surface area (Å²) < 4.78 is 5.18. The predicted octanol–water partition coefficient (Wildman–Crippen LogP) is 2.54. The van der Waals surface area contributed by atoms with Gasteiger partial charge in [-0.2, -0.15) is 0 Å². The van der Waals surface area contributed by atoms with Gasteiger partial charge in [-0.05, 0) is 19.1 Å². The summed E-state index contributed by atoms with van der Waals surface area (Å²) in [6, 6.07) is 3.54. The number of aromatic nitrogens is 1. The van der Waals surface area contributed by atoms with Crippen LogP contribution in [0.2, 0.25) is 0 Å². The van der Waals surface area contributed by atoms with E-state index in [4.69, 9.17) is 4.42 Å². The first-order chi connectivity index (χ1) is 8.75. The van der Waals surface area contributed by atoms with E-state index in [1.165, 1.54) is 16.2 Å². The van der Waals surface area contributed by atoms with Gasteiger partial charge in [-0.15, -0.1) is 11.3 Å². The van der Waals surface area contributed by atoms with Crippen molar-refractivity contribution < 1.29 is 9.21 Å². The van der Waals surface area contributed by atoms with Crippen LogP contribution in [0.3, 0.4) is 0 Å². The Morgan fingerprint density at radius 3 is 3.06 bits per heavy atom. The summed E-state index contributed by atoms with van der Waals surface area (Å²) in [6.07, 6.45) is 4.84. The topological polar surface area (TPSA) is 58.7 Å². The van der Waals surface area contributed by atoms with E-state index < -0.39 is 0 Å². The third-order valence-corrected chi connectivity index (χ3v) is 3.22. The molecule has 90 valence electrons. The highest BCUT2D eigenvalue weighted by molar-refractivity contribution is 7.14. The van der Waals surface area contributed by atoms with Crippen LogP contribution in [-0.2, 0) is 4.79 Å². The van der Waals surface area contributed by atoms with Crippen molar-refractivity contribution >= 4 is 34.3 Å². The lowest BCUT2D eigenvalue weighted by Gasteiger charge is -2.10. The molecule has 5 nitrogen and oxygen atoms in total. The number of rotatable bonds is 2. The minimum Gasteiger partial charge on any atom is -0.465 e. The Bertz CT molecular complexity index is 626. The van der Waals surface area contributed by atoms with Gasteiger partial charge in [0.25, 0.3) is 5.91 Å². The number of aliphatic imine (C=N–C) groups is 1. The molecule has 0 spiro atoms. The molecule has 0 fully saturated rings. The van der Waals surface area contributed by atoms with Gasteiger partial charge in [-0.25, -0.2) is 14.9 Å². The van der Waals surface area contributed by atoms with Gasteiger partial charge in [-0.3, -0.25) is 4.79 Å². The van der Waals surface area contributed by atoms with Gasteiger partial charge in [-0.1, -0.05) is 0 Å². The highest BCUT2D eigenvalue weighted by atomic mass is 32.1. The first kappa shape index (κ1) is 10.9. The SMILES string of the molecule is CC1=N/C(=C/c2ccco2)C(=O)N1c1nccs1. The summed E-state index contributed by atoms with van der Waals surface area (Å²) >= 11 is 1.40. The van der Waals surface area contributed by atoms with Crippen LogP contribution in [-0.4, -0.2) is 16.7 Å². The van der Waals surface area contributed by atoms with Crippen molar-refractivity contribution in [1.29, 1.82) is 0 Å². The Balaban J connectivity index is 1.96. The number of anilines is 1. The zero-order valence-corrected chi connectivity index (χ0v) is 10.3. The Kier molecular flexibility index (Phi) is 2.56. The second-order valence-corrected chi connectivity index (χ2v) is 4.53. The molecular formula is C12H9N3O2S. The van der Waals surface area contributed by atoms with E-state index in [1.54, 1.807) is 37.6 Å². The molecule has 2 aromatic heterocycles. The van der Waals surface area contributed by atoms with Crippen molar-refractivity contribution in [3.8, 4) is 0 Å². The van der Waals surface area contributed by atoms with Crippen LogP contribution in [0.4, 0.5) is 5.13 Å². The average molecular weight is 259 g/mol. The Morgan fingerprint density at radius 1 is 1.50 bits per heavy atom. The van der Waals surface area contributed by atoms with E-state index in [0.717, 1.165) is 0 Å². The zero-order valence-electron chi connectivity index (χ0n) is 9.53. The van der Waals surface area contributed by atoms with Crippen LogP contribution in [0.15, 0.2) is 45.1 Å². The van der Waals surface area contributed by atoms with Crippen molar-refractivity contribution in [2.45, 2.75) is 6.92 Å². The second-order valence-electron chi connectivity index (χ2n) is 3.66. The fourth-order valence-corrected chi connectivity index (χ4v) is 2.37. The first-order valence-corrected chi connectivity index (χ1v) is 6.18. The van der Waals surface area contributed by atoms with Gasteiger partial charge in [0, 0.05) is 17.7 Å². The summed E-state index contributed by atoms with van der Waals surface area (Å²) in [5.74, 6) is 1.04. The fraction of sp³-hybridized carbons (Fsp3) is 0.0833. The van der Waals surface area contributed by atoms with Gasteiger partial charge in [0.05, 0.1) is 6.26 Å². The molecule has 0 atom stereocenters. The van der Waals surface area contributed by atoms with Crippen LogP contribution >= 0.6 is 11.3 Å². The van der Waals surface area contributed by atoms with Crippen molar-refractivity contribution in [2.75, 3.05) is 4.90 Å². The number of nitrogens with zero attached hydrogens (tertiary/aromatic N) is 3. The monoisotopic (exact) mass is 259 g/mol. The molecule has 0 saturated heterocycles. The molecule has 1 aliphatic rings. The van der Waals surface area contributed by atoms with Gasteiger partial charge in [0.15, 0.2) is 5.13 Å². The van der Waals surface area contributed by atoms with Crippen LogP contribution in [0.25, 0.3) is 6.08 Å². The van der Waals surface area contributed by atoms with E-state index in [-0.39, 0.29) is 5.91 Å². The summed E-state index contributed by atoms with van der Waals surface area (Å²) in [5.41, 5.74) is 0.359. The summed E-state index contributed by atoms with van der Waals surface area (Å²) in [7, 11) is 0. The molecule has 3 heterocycles. The quantitative estimate of drug-likeness (QED) is 0.779. The number of amidine groups is 1. The largest absolute Gasteiger partial charge is 0.465 e. The summed E-state index contributed by atoms with van der Waals surface area (Å²) in [6.45, 7) is 1.78. The maximum atomic E-state index is 12.2. The minimum absolute atomic E-state index is 0.182. The second kappa shape index (κ2) is 4.23. The van der Waals surface area contributed by atoms with E-state index in [2.05, 4.69) is 9.98 Å². The molecule has 2 aromatic rings. The van der Waals surface area contributed by atoms with Gasteiger partial charge >= 0.3 is 0 Å². The van der Waals surface area contributed by atoms with E-state index in [0.29, 0.717) is 22.4 Å². The highest BCUT2D eigenvalue weighted by Crippen LogP contribution is 2.26.